The van der Waals surface area contributed by atoms with Gasteiger partial charge in [0, 0.05) is 17.9 Å². The summed E-state index contributed by atoms with van der Waals surface area (Å²) in [6.07, 6.45) is 0.947. The lowest BCUT2D eigenvalue weighted by Gasteiger charge is -2.14. The molecule has 25 heavy (non-hydrogen) atoms. The third-order valence-electron chi connectivity index (χ3n) is 3.92. The first-order valence-corrected chi connectivity index (χ1v) is 8.86. The van der Waals surface area contributed by atoms with E-state index < -0.39 is 0 Å². The van der Waals surface area contributed by atoms with Crippen LogP contribution in [-0.4, -0.2) is 22.4 Å². The molecule has 0 aliphatic rings. The van der Waals surface area contributed by atoms with Gasteiger partial charge in [0.05, 0.1) is 0 Å². The average molecular weight is 340 g/mol. The quantitative estimate of drug-likeness (QED) is 0.782. The minimum absolute atomic E-state index is 0.161. The van der Waals surface area contributed by atoms with Crippen LogP contribution in [0.3, 0.4) is 0 Å². The smallest absolute Gasteiger partial charge is 0.270 e. The van der Waals surface area contributed by atoms with Crippen molar-refractivity contribution < 1.29 is 4.79 Å². The number of nitrogens with zero attached hydrogens (tertiary/aromatic N) is 2. The molecule has 1 amide bonds. The summed E-state index contributed by atoms with van der Waals surface area (Å²) in [5.74, 6) is 1.22. The van der Waals surface area contributed by atoms with Gasteiger partial charge in [-0.3, -0.25) is 4.79 Å². The zero-order chi connectivity index (χ0) is 18.4. The second-order valence-corrected chi connectivity index (χ2v) is 7.02. The Bertz CT molecular complexity index is 725. The molecule has 0 aliphatic carbocycles. The van der Waals surface area contributed by atoms with E-state index in [9.17, 15) is 4.79 Å². The second-order valence-electron chi connectivity index (χ2n) is 7.02. The molecule has 0 spiro atoms. The third-order valence-corrected chi connectivity index (χ3v) is 3.92. The summed E-state index contributed by atoms with van der Waals surface area (Å²) in [5.41, 5.74) is 3.30. The number of hydrogen-bond acceptors (Lipinski definition) is 4. The van der Waals surface area contributed by atoms with Crippen molar-refractivity contribution in [1.29, 1.82) is 0 Å². The molecular formula is C20H28N4O. The van der Waals surface area contributed by atoms with Crippen molar-refractivity contribution in [3.63, 3.8) is 0 Å². The summed E-state index contributed by atoms with van der Waals surface area (Å²) >= 11 is 0. The molecule has 2 aromatic rings. The third kappa shape index (κ3) is 5.55. The molecule has 1 aromatic heterocycles. The number of aryl methyl sites for hydroxylation is 1. The molecule has 2 rings (SSSR count). The maximum absolute atomic E-state index is 12.3. The number of para-hydroxylation sites is 1. The van der Waals surface area contributed by atoms with Gasteiger partial charge in [-0.2, -0.15) is 0 Å². The second kappa shape index (κ2) is 8.60. The number of carbonyl (C=O) groups excluding carboxylic acids is 1. The Labute approximate surface area is 150 Å². The van der Waals surface area contributed by atoms with E-state index in [2.05, 4.69) is 54.4 Å². The van der Waals surface area contributed by atoms with Gasteiger partial charge >= 0.3 is 0 Å². The van der Waals surface area contributed by atoms with Gasteiger partial charge in [0.15, 0.2) is 0 Å². The fraction of sp³-hybridized carbons (Fsp3) is 0.450. The topological polar surface area (TPSA) is 66.9 Å². The zero-order valence-corrected chi connectivity index (χ0v) is 15.8. The minimum Gasteiger partial charge on any atom is -0.351 e. The van der Waals surface area contributed by atoms with E-state index in [-0.39, 0.29) is 5.91 Å². The molecule has 0 fully saturated rings. The Morgan fingerprint density at radius 1 is 1.12 bits per heavy atom. The molecule has 1 aromatic carbocycles. The predicted molar refractivity (Wildman–Crippen MR) is 102 cm³/mol. The van der Waals surface area contributed by atoms with Crippen LogP contribution in [0.15, 0.2) is 30.3 Å². The summed E-state index contributed by atoms with van der Waals surface area (Å²) < 4.78 is 0. The molecule has 0 saturated carbocycles. The summed E-state index contributed by atoms with van der Waals surface area (Å²) in [4.78, 5) is 21.1. The number of amides is 1. The molecule has 1 heterocycles. The Morgan fingerprint density at radius 3 is 2.52 bits per heavy atom. The predicted octanol–water partition coefficient (Wildman–Crippen LogP) is 4.43. The molecule has 2 N–H and O–H groups in total. The fourth-order valence-corrected chi connectivity index (χ4v) is 2.54. The Hall–Kier alpha value is -2.43. The highest BCUT2D eigenvalue weighted by molar-refractivity contribution is 5.92. The Morgan fingerprint density at radius 2 is 1.84 bits per heavy atom. The van der Waals surface area contributed by atoms with Crippen LogP contribution in [0.5, 0.6) is 0 Å². The van der Waals surface area contributed by atoms with E-state index in [1.54, 1.807) is 6.07 Å². The van der Waals surface area contributed by atoms with Crippen molar-refractivity contribution in [1.82, 2.24) is 15.3 Å². The first-order valence-electron chi connectivity index (χ1n) is 8.86. The van der Waals surface area contributed by atoms with Gasteiger partial charge in [0.25, 0.3) is 5.91 Å². The number of rotatable bonds is 7. The zero-order valence-electron chi connectivity index (χ0n) is 15.8. The maximum Gasteiger partial charge on any atom is 0.270 e. The molecule has 134 valence electrons. The summed E-state index contributed by atoms with van der Waals surface area (Å²) in [6, 6.07) is 9.80. The number of hydrogen-bond donors (Lipinski definition) is 2. The summed E-state index contributed by atoms with van der Waals surface area (Å²) in [7, 11) is 0. The van der Waals surface area contributed by atoms with E-state index in [1.165, 1.54) is 5.56 Å². The lowest BCUT2D eigenvalue weighted by atomic mass is 10.0. The highest BCUT2D eigenvalue weighted by Gasteiger charge is 2.12. The molecule has 0 aliphatic heterocycles. The number of aromatic nitrogens is 2. The Kier molecular flexibility index (Phi) is 6.51. The van der Waals surface area contributed by atoms with Crippen LogP contribution >= 0.6 is 0 Å². The van der Waals surface area contributed by atoms with Crippen LogP contribution in [0.2, 0.25) is 0 Å². The van der Waals surface area contributed by atoms with E-state index >= 15 is 0 Å². The fourth-order valence-electron chi connectivity index (χ4n) is 2.54. The first kappa shape index (κ1) is 18.9. The van der Waals surface area contributed by atoms with Crippen molar-refractivity contribution in [2.45, 2.75) is 47.0 Å². The van der Waals surface area contributed by atoms with Gasteiger partial charge in [0.1, 0.15) is 5.69 Å². The van der Waals surface area contributed by atoms with Crippen LogP contribution in [0.4, 0.5) is 11.6 Å². The molecule has 0 atom stereocenters. The van der Waals surface area contributed by atoms with Gasteiger partial charge < -0.3 is 10.6 Å². The van der Waals surface area contributed by atoms with Crippen molar-refractivity contribution in [2.24, 2.45) is 5.92 Å². The van der Waals surface area contributed by atoms with Gasteiger partial charge in [-0.05, 0) is 42.9 Å². The number of nitrogens with one attached hydrogen (secondary N) is 2. The van der Waals surface area contributed by atoms with Gasteiger partial charge in [-0.15, -0.1) is 0 Å². The first-order chi connectivity index (χ1) is 11.9. The summed E-state index contributed by atoms with van der Waals surface area (Å²) in [5, 5.41) is 6.18. The van der Waals surface area contributed by atoms with Crippen LogP contribution in [0.25, 0.3) is 0 Å². The van der Waals surface area contributed by atoms with Crippen molar-refractivity contribution in [3.8, 4) is 0 Å². The molecule has 0 saturated heterocycles. The standard InChI is InChI=1S/C20H28N4O/c1-13(2)10-11-21-19(25)18-12-15(5)22-20(24-18)23-17-9-7-6-8-16(17)14(3)4/h6-9,12-14H,10-11H2,1-5H3,(H,21,25)(H,22,23,24). The average Bonchev–Trinajstić information content (AvgIpc) is 2.54. The minimum atomic E-state index is -0.161. The van der Waals surface area contributed by atoms with E-state index in [0.717, 1.165) is 17.8 Å². The number of anilines is 2. The van der Waals surface area contributed by atoms with E-state index in [0.29, 0.717) is 30.0 Å². The van der Waals surface area contributed by atoms with Crippen LogP contribution in [-0.2, 0) is 0 Å². The van der Waals surface area contributed by atoms with Gasteiger partial charge in [-0.1, -0.05) is 45.9 Å². The van der Waals surface area contributed by atoms with Crippen LogP contribution in [0, 0.1) is 12.8 Å². The normalized spacial score (nSPS) is 11.0. The van der Waals surface area contributed by atoms with Crippen molar-refractivity contribution in [3.05, 3.63) is 47.3 Å². The van der Waals surface area contributed by atoms with Crippen molar-refractivity contribution in [2.75, 3.05) is 11.9 Å². The number of carbonyl (C=O) groups is 1. The van der Waals surface area contributed by atoms with Gasteiger partial charge in [0.2, 0.25) is 5.95 Å². The molecule has 5 heteroatoms. The largest absolute Gasteiger partial charge is 0.351 e. The van der Waals surface area contributed by atoms with Crippen LogP contribution in [0.1, 0.15) is 61.8 Å². The molecule has 0 radical (unpaired) electrons. The highest BCUT2D eigenvalue weighted by Crippen LogP contribution is 2.25. The lowest BCUT2D eigenvalue weighted by molar-refractivity contribution is 0.0947. The van der Waals surface area contributed by atoms with Crippen LogP contribution < -0.4 is 10.6 Å². The molecule has 5 nitrogen and oxygen atoms in total. The van der Waals surface area contributed by atoms with Crippen molar-refractivity contribution >= 4 is 17.5 Å². The van der Waals surface area contributed by atoms with E-state index in [1.807, 2.05) is 25.1 Å². The summed E-state index contributed by atoms with van der Waals surface area (Å²) in [6.45, 7) is 11.1. The van der Waals surface area contributed by atoms with Gasteiger partial charge in [-0.25, -0.2) is 9.97 Å². The van der Waals surface area contributed by atoms with E-state index in [4.69, 9.17) is 0 Å². The SMILES string of the molecule is Cc1cc(C(=O)NCCC(C)C)nc(Nc2ccccc2C(C)C)n1. The molecular weight excluding hydrogens is 312 g/mol. The highest BCUT2D eigenvalue weighted by atomic mass is 16.1. The molecule has 0 bridgehead atoms. The monoisotopic (exact) mass is 340 g/mol. The number of benzene rings is 1. The Balaban J connectivity index is 2.18. The maximum atomic E-state index is 12.3. The molecule has 0 unspecified atom stereocenters. The lowest BCUT2D eigenvalue weighted by Crippen LogP contribution is -2.26.